The van der Waals surface area contributed by atoms with E-state index in [2.05, 4.69) is 4.98 Å². The highest BCUT2D eigenvalue weighted by molar-refractivity contribution is 6.30. The number of para-hydroxylation sites is 1. The van der Waals surface area contributed by atoms with Crippen LogP contribution < -0.4 is 5.56 Å². The highest BCUT2D eigenvalue weighted by Gasteiger charge is 2.08. The van der Waals surface area contributed by atoms with Crippen molar-refractivity contribution in [2.45, 2.75) is 6.54 Å². The van der Waals surface area contributed by atoms with Crippen LogP contribution in [0.1, 0.15) is 10.4 Å². The summed E-state index contributed by atoms with van der Waals surface area (Å²) in [6.45, 7) is 0.331. The van der Waals surface area contributed by atoms with Crippen molar-refractivity contribution < 1.29 is 9.53 Å². The highest BCUT2D eigenvalue weighted by atomic mass is 35.5. The highest BCUT2D eigenvalue weighted by Crippen LogP contribution is 2.10. The van der Waals surface area contributed by atoms with Gasteiger partial charge in [-0.15, -0.1) is 0 Å². The molecular formula is C17H13ClN2O3. The summed E-state index contributed by atoms with van der Waals surface area (Å²) in [5, 5.41) is 1.09. The molecule has 0 amide bonds. The van der Waals surface area contributed by atoms with Crippen LogP contribution in [0.3, 0.4) is 0 Å². The van der Waals surface area contributed by atoms with Crippen LogP contribution in [0.4, 0.5) is 0 Å². The van der Waals surface area contributed by atoms with Gasteiger partial charge in [0.2, 0.25) is 0 Å². The third kappa shape index (κ3) is 3.40. The van der Waals surface area contributed by atoms with E-state index in [-0.39, 0.29) is 18.7 Å². The van der Waals surface area contributed by atoms with E-state index < -0.39 is 5.97 Å². The summed E-state index contributed by atoms with van der Waals surface area (Å²) in [5.74, 6) is -0.455. The molecule has 0 aliphatic heterocycles. The molecule has 0 N–H and O–H groups in total. The molecule has 3 rings (SSSR count). The molecule has 23 heavy (non-hydrogen) atoms. The molecule has 0 atom stereocenters. The standard InChI is InChI=1S/C17H13ClN2O3/c18-13-7-5-12(6-8-13)17(22)23-10-9-20-11-19-15-4-2-1-3-14(15)16(20)21/h1-8,11H,9-10H2. The largest absolute Gasteiger partial charge is 0.460 e. The van der Waals surface area contributed by atoms with Crippen molar-refractivity contribution in [2.75, 3.05) is 6.61 Å². The first kappa shape index (κ1) is 15.2. The lowest BCUT2D eigenvalue weighted by atomic mass is 10.2. The lowest BCUT2D eigenvalue weighted by Crippen LogP contribution is -2.23. The normalized spacial score (nSPS) is 10.7. The molecule has 0 aliphatic carbocycles. The first-order valence-corrected chi connectivity index (χ1v) is 7.40. The Morgan fingerprint density at radius 2 is 1.87 bits per heavy atom. The van der Waals surface area contributed by atoms with Crippen LogP contribution in [-0.2, 0) is 11.3 Å². The Labute approximate surface area is 137 Å². The third-order valence-electron chi connectivity index (χ3n) is 3.38. The second-order valence-corrected chi connectivity index (χ2v) is 5.34. The van der Waals surface area contributed by atoms with E-state index in [4.69, 9.17) is 16.3 Å². The molecule has 116 valence electrons. The van der Waals surface area contributed by atoms with Gasteiger partial charge in [-0.2, -0.15) is 0 Å². The zero-order valence-corrected chi connectivity index (χ0v) is 12.9. The second-order valence-electron chi connectivity index (χ2n) is 4.90. The Morgan fingerprint density at radius 3 is 2.65 bits per heavy atom. The molecule has 3 aromatic rings. The Bertz CT molecular complexity index is 904. The molecule has 0 unspecified atom stereocenters. The number of benzene rings is 2. The van der Waals surface area contributed by atoms with E-state index in [0.29, 0.717) is 21.5 Å². The molecule has 0 saturated heterocycles. The quantitative estimate of drug-likeness (QED) is 0.691. The molecular weight excluding hydrogens is 316 g/mol. The first-order chi connectivity index (χ1) is 11.1. The number of fused-ring (bicyclic) bond motifs is 1. The molecule has 0 fully saturated rings. The van der Waals surface area contributed by atoms with Gasteiger partial charge >= 0.3 is 5.97 Å². The van der Waals surface area contributed by atoms with Gasteiger partial charge in [0.05, 0.1) is 29.3 Å². The van der Waals surface area contributed by atoms with Gasteiger partial charge in [-0.25, -0.2) is 9.78 Å². The zero-order valence-electron chi connectivity index (χ0n) is 12.1. The Kier molecular flexibility index (Phi) is 4.39. The Morgan fingerprint density at radius 1 is 1.13 bits per heavy atom. The number of carbonyl (C=O) groups excluding carboxylic acids is 1. The van der Waals surface area contributed by atoms with Crippen molar-refractivity contribution in [3.8, 4) is 0 Å². The van der Waals surface area contributed by atoms with Gasteiger partial charge in [-0.3, -0.25) is 9.36 Å². The van der Waals surface area contributed by atoms with Crippen LogP contribution in [0.5, 0.6) is 0 Å². The van der Waals surface area contributed by atoms with Crippen molar-refractivity contribution in [2.24, 2.45) is 0 Å². The molecule has 0 aliphatic rings. The summed E-state index contributed by atoms with van der Waals surface area (Å²) < 4.78 is 6.60. The number of nitrogens with zero attached hydrogens (tertiary/aromatic N) is 2. The van der Waals surface area contributed by atoms with Crippen molar-refractivity contribution in [1.82, 2.24) is 9.55 Å². The van der Waals surface area contributed by atoms with Crippen LogP contribution in [-0.4, -0.2) is 22.1 Å². The van der Waals surface area contributed by atoms with Gasteiger partial charge < -0.3 is 4.74 Å². The van der Waals surface area contributed by atoms with Crippen molar-refractivity contribution in [1.29, 1.82) is 0 Å². The van der Waals surface area contributed by atoms with E-state index >= 15 is 0 Å². The molecule has 1 heterocycles. The number of hydrogen-bond acceptors (Lipinski definition) is 4. The predicted octanol–water partition coefficient (Wildman–Crippen LogP) is 2.91. The molecule has 2 aromatic carbocycles. The average Bonchev–Trinajstić information content (AvgIpc) is 2.57. The maximum absolute atomic E-state index is 12.3. The van der Waals surface area contributed by atoms with Crippen molar-refractivity contribution in [3.05, 3.63) is 75.8 Å². The van der Waals surface area contributed by atoms with Crippen molar-refractivity contribution in [3.63, 3.8) is 0 Å². The molecule has 6 heteroatoms. The van der Waals surface area contributed by atoms with Gasteiger partial charge in [0.1, 0.15) is 6.61 Å². The smallest absolute Gasteiger partial charge is 0.338 e. The maximum atomic E-state index is 12.3. The fourth-order valence-electron chi connectivity index (χ4n) is 2.17. The molecule has 0 saturated carbocycles. The van der Waals surface area contributed by atoms with Crippen LogP contribution >= 0.6 is 11.6 Å². The topological polar surface area (TPSA) is 61.2 Å². The van der Waals surface area contributed by atoms with Gasteiger partial charge in [0.25, 0.3) is 5.56 Å². The summed E-state index contributed by atoms with van der Waals surface area (Å²) in [6.07, 6.45) is 1.46. The SMILES string of the molecule is O=C(OCCn1cnc2ccccc2c1=O)c1ccc(Cl)cc1. The number of aromatic nitrogens is 2. The van der Waals surface area contributed by atoms with E-state index in [0.717, 1.165) is 0 Å². The van der Waals surface area contributed by atoms with Crippen molar-refractivity contribution >= 4 is 28.5 Å². The number of halogens is 1. The summed E-state index contributed by atoms with van der Waals surface area (Å²) >= 11 is 5.77. The van der Waals surface area contributed by atoms with Gasteiger partial charge in [-0.1, -0.05) is 23.7 Å². The summed E-state index contributed by atoms with van der Waals surface area (Å²) in [6, 6.07) is 13.5. The third-order valence-corrected chi connectivity index (χ3v) is 3.63. The molecule has 5 nitrogen and oxygen atoms in total. The van der Waals surface area contributed by atoms with Gasteiger partial charge in [0, 0.05) is 5.02 Å². The summed E-state index contributed by atoms with van der Waals surface area (Å²) in [4.78, 5) is 28.4. The minimum absolute atomic E-state index is 0.0847. The maximum Gasteiger partial charge on any atom is 0.338 e. The van der Waals surface area contributed by atoms with Gasteiger partial charge in [-0.05, 0) is 36.4 Å². The molecule has 0 radical (unpaired) electrons. The van der Waals surface area contributed by atoms with Crippen LogP contribution in [0.15, 0.2) is 59.7 Å². The Hall–Kier alpha value is -2.66. The number of rotatable bonds is 4. The number of hydrogen-bond donors (Lipinski definition) is 0. The minimum Gasteiger partial charge on any atom is -0.460 e. The van der Waals surface area contributed by atoms with E-state index in [9.17, 15) is 9.59 Å². The lowest BCUT2D eigenvalue weighted by Gasteiger charge is -2.08. The minimum atomic E-state index is -0.455. The average molecular weight is 329 g/mol. The predicted molar refractivity (Wildman–Crippen MR) is 87.7 cm³/mol. The van der Waals surface area contributed by atoms with Crippen LogP contribution in [0.2, 0.25) is 5.02 Å². The van der Waals surface area contributed by atoms with E-state index in [1.165, 1.54) is 10.9 Å². The number of carbonyl (C=O) groups is 1. The Balaban J connectivity index is 1.67. The molecule has 1 aromatic heterocycles. The fraction of sp³-hybridized carbons (Fsp3) is 0.118. The molecule has 0 spiro atoms. The summed E-state index contributed by atoms with van der Waals surface area (Å²) in [5.41, 5.74) is 0.906. The first-order valence-electron chi connectivity index (χ1n) is 7.02. The van der Waals surface area contributed by atoms with E-state index in [1.807, 2.05) is 6.07 Å². The van der Waals surface area contributed by atoms with E-state index in [1.54, 1.807) is 42.5 Å². The van der Waals surface area contributed by atoms with Crippen LogP contribution in [0.25, 0.3) is 10.9 Å². The molecule has 0 bridgehead atoms. The summed E-state index contributed by atoms with van der Waals surface area (Å²) in [7, 11) is 0. The number of esters is 1. The fourth-order valence-corrected chi connectivity index (χ4v) is 2.30. The lowest BCUT2D eigenvalue weighted by molar-refractivity contribution is 0.0490. The monoisotopic (exact) mass is 328 g/mol. The zero-order chi connectivity index (χ0) is 16.2. The van der Waals surface area contributed by atoms with Gasteiger partial charge in [0.15, 0.2) is 0 Å². The van der Waals surface area contributed by atoms with Crippen LogP contribution in [0, 0.1) is 0 Å². The number of ether oxygens (including phenoxy) is 1. The second kappa shape index (κ2) is 6.62.